The number of ether oxygens (including phenoxy) is 1. The summed E-state index contributed by atoms with van der Waals surface area (Å²) in [6.07, 6.45) is 1.65. The van der Waals surface area contributed by atoms with Gasteiger partial charge in [-0.3, -0.25) is 9.59 Å². The average Bonchev–Trinajstić information content (AvgIpc) is 2.24. The molecule has 1 amide bonds. The maximum atomic E-state index is 12.0. The minimum absolute atomic E-state index is 0.0429. The fraction of sp³-hybridized carbons (Fsp3) is 0.833. The van der Waals surface area contributed by atoms with E-state index in [4.69, 9.17) is 9.84 Å². The zero-order chi connectivity index (χ0) is 13.2. The monoisotopic (exact) mass is 256 g/mol. The maximum Gasteiger partial charge on any atom is 0.319 e. The summed E-state index contributed by atoms with van der Waals surface area (Å²) < 4.78 is 5.52. The summed E-state index contributed by atoms with van der Waals surface area (Å²) in [5.74, 6) is -1.37. The molecule has 1 aliphatic heterocycles. The SMILES string of the molecule is CN1CCOC(CNC(=O)C2(C(=O)O)CCC2)C1. The number of aliphatic carboxylic acids is 1. The lowest BCUT2D eigenvalue weighted by Gasteiger charge is -2.37. The third-order valence-electron chi connectivity index (χ3n) is 3.88. The van der Waals surface area contributed by atoms with E-state index in [0.29, 0.717) is 26.0 Å². The Morgan fingerprint density at radius 3 is 2.72 bits per heavy atom. The van der Waals surface area contributed by atoms with Gasteiger partial charge in [-0.1, -0.05) is 6.42 Å². The van der Waals surface area contributed by atoms with Gasteiger partial charge in [0.2, 0.25) is 5.91 Å². The maximum absolute atomic E-state index is 12.0. The van der Waals surface area contributed by atoms with Crippen molar-refractivity contribution in [2.24, 2.45) is 5.41 Å². The molecule has 2 rings (SSSR count). The Labute approximate surface area is 106 Å². The number of carboxylic acids is 1. The van der Waals surface area contributed by atoms with E-state index >= 15 is 0 Å². The van der Waals surface area contributed by atoms with Crippen molar-refractivity contribution in [1.29, 1.82) is 0 Å². The summed E-state index contributed by atoms with van der Waals surface area (Å²) in [4.78, 5) is 25.2. The van der Waals surface area contributed by atoms with Crippen LogP contribution in [0.5, 0.6) is 0 Å². The first kappa shape index (κ1) is 13.3. The molecule has 1 aliphatic carbocycles. The molecular weight excluding hydrogens is 236 g/mol. The molecule has 18 heavy (non-hydrogen) atoms. The van der Waals surface area contributed by atoms with Gasteiger partial charge in [0.25, 0.3) is 0 Å². The van der Waals surface area contributed by atoms with Gasteiger partial charge >= 0.3 is 5.97 Å². The third kappa shape index (κ3) is 2.49. The number of nitrogens with zero attached hydrogens (tertiary/aromatic N) is 1. The smallest absolute Gasteiger partial charge is 0.319 e. The number of rotatable bonds is 4. The van der Waals surface area contributed by atoms with E-state index in [1.165, 1.54) is 0 Å². The van der Waals surface area contributed by atoms with Crippen molar-refractivity contribution in [2.75, 3.05) is 33.3 Å². The highest BCUT2D eigenvalue weighted by molar-refractivity contribution is 6.02. The highest BCUT2D eigenvalue weighted by Crippen LogP contribution is 2.41. The molecule has 2 N–H and O–H groups in total. The quantitative estimate of drug-likeness (QED) is 0.674. The molecule has 1 heterocycles. The molecule has 1 saturated heterocycles. The predicted octanol–water partition coefficient (Wildman–Crippen LogP) is -0.312. The summed E-state index contributed by atoms with van der Waals surface area (Å²) in [5.41, 5.74) is -1.18. The van der Waals surface area contributed by atoms with E-state index in [1.54, 1.807) is 0 Å². The number of hydrogen-bond donors (Lipinski definition) is 2. The first-order chi connectivity index (χ1) is 8.54. The second kappa shape index (κ2) is 5.24. The summed E-state index contributed by atoms with van der Waals surface area (Å²) >= 11 is 0. The molecule has 6 nitrogen and oxygen atoms in total. The summed E-state index contributed by atoms with van der Waals surface area (Å²) in [6, 6.07) is 0. The molecule has 1 saturated carbocycles. The molecule has 6 heteroatoms. The Morgan fingerprint density at radius 2 is 2.22 bits per heavy atom. The van der Waals surface area contributed by atoms with Crippen LogP contribution >= 0.6 is 0 Å². The molecule has 0 spiro atoms. The standard InChI is InChI=1S/C12H20N2O4/c1-14-5-6-18-9(8-14)7-13-10(15)12(11(16)17)3-2-4-12/h9H,2-8H2,1H3,(H,13,15)(H,16,17). The lowest BCUT2D eigenvalue weighted by molar-refractivity contribution is -0.162. The van der Waals surface area contributed by atoms with Gasteiger partial charge in [-0.15, -0.1) is 0 Å². The summed E-state index contributed by atoms with van der Waals surface area (Å²) in [7, 11) is 2.00. The van der Waals surface area contributed by atoms with E-state index in [-0.39, 0.29) is 12.0 Å². The molecule has 0 bridgehead atoms. The molecule has 0 aromatic heterocycles. The van der Waals surface area contributed by atoms with Crippen LogP contribution < -0.4 is 5.32 Å². The normalized spacial score (nSPS) is 27.3. The molecule has 102 valence electrons. The predicted molar refractivity (Wildman–Crippen MR) is 64.2 cm³/mol. The molecule has 1 unspecified atom stereocenters. The van der Waals surface area contributed by atoms with Crippen molar-refractivity contribution in [2.45, 2.75) is 25.4 Å². The Bertz CT molecular complexity index is 341. The second-order valence-corrected chi connectivity index (χ2v) is 5.21. The van der Waals surface area contributed by atoms with E-state index < -0.39 is 11.4 Å². The van der Waals surface area contributed by atoms with Gasteiger partial charge in [-0.25, -0.2) is 0 Å². The van der Waals surface area contributed by atoms with Gasteiger partial charge < -0.3 is 20.1 Å². The number of likely N-dealkylation sites (N-methyl/N-ethyl adjacent to an activating group) is 1. The summed E-state index contributed by atoms with van der Waals surface area (Å²) in [5, 5.41) is 11.9. The van der Waals surface area contributed by atoms with Gasteiger partial charge in [0.15, 0.2) is 0 Å². The van der Waals surface area contributed by atoms with Crippen molar-refractivity contribution in [1.82, 2.24) is 10.2 Å². The first-order valence-corrected chi connectivity index (χ1v) is 6.36. The fourth-order valence-corrected chi connectivity index (χ4v) is 2.43. The molecule has 2 aliphatic rings. The minimum atomic E-state index is -1.18. The number of nitrogens with one attached hydrogen (secondary N) is 1. The van der Waals surface area contributed by atoms with E-state index in [0.717, 1.165) is 19.5 Å². The largest absolute Gasteiger partial charge is 0.480 e. The zero-order valence-electron chi connectivity index (χ0n) is 10.6. The Balaban J connectivity index is 1.82. The Hall–Kier alpha value is -1.14. The van der Waals surface area contributed by atoms with Crippen LogP contribution in [-0.4, -0.2) is 61.3 Å². The van der Waals surface area contributed by atoms with Crippen LogP contribution in [0.3, 0.4) is 0 Å². The van der Waals surface area contributed by atoms with Crippen LogP contribution in [0.15, 0.2) is 0 Å². The second-order valence-electron chi connectivity index (χ2n) is 5.21. The van der Waals surface area contributed by atoms with Crippen molar-refractivity contribution in [3.05, 3.63) is 0 Å². The topological polar surface area (TPSA) is 78.9 Å². The lowest BCUT2D eigenvalue weighted by atomic mass is 9.68. The molecule has 1 atom stereocenters. The van der Waals surface area contributed by atoms with Crippen LogP contribution in [0.2, 0.25) is 0 Å². The van der Waals surface area contributed by atoms with Crippen LogP contribution in [0, 0.1) is 5.41 Å². The van der Waals surface area contributed by atoms with Crippen molar-refractivity contribution in [3.8, 4) is 0 Å². The number of morpholine rings is 1. The van der Waals surface area contributed by atoms with Crippen LogP contribution in [0.1, 0.15) is 19.3 Å². The minimum Gasteiger partial charge on any atom is -0.480 e. The van der Waals surface area contributed by atoms with E-state index in [2.05, 4.69) is 10.2 Å². The number of carbonyl (C=O) groups excluding carboxylic acids is 1. The van der Waals surface area contributed by atoms with Gasteiger partial charge in [0.1, 0.15) is 5.41 Å². The van der Waals surface area contributed by atoms with Crippen molar-refractivity contribution < 1.29 is 19.4 Å². The summed E-state index contributed by atoms with van der Waals surface area (Å²) in [6.45, 7) is 2.70. The number of amides is 1. The molecular formula is C12H20N2O4. The van der Waals surface area contributed by atoms with Crippen molar-refractivity contribution >= 4 is 11.9 Å². The van der Waals surface area contributed by atoms with E-state index in [1.807, 2.05) is 7.05 Å². The van der Waals surface area contributed by atoms with Crippen molar-refractivity contribution in [3.63, 3.8) is 0 Å². The zero-order valence-corrected chi connectivity index (χ0v) is 10.6. The van der Waals surface area contributed by atoms with Crippen LogP contribution in [-0.2, 0) is 14.3 Å². The molecule has 2 fully saturated rings. The van der Waals surface area contributed by atoms with Gasteiger partial charge in [0.05, 0.1) is 12.7 Å². The average molecular weight is 256 g/mol. The Morgan fingerprint density at radius 1 is 1.50 bits per heavy atom. The Kier molecular flexibility index (Phi) is 3.87. The van der Waals surface area contributed by atoms with Gasteiger partial charge in [0, 0.05) is 19.6 Å². The van der Waals surface area contributed by atoms with E-state index in [9.17, 15) is 9.59 Å². The number of hydrogen-bond acceptors (Lipinski definition) is 4. The first-order valence-electron chi connectivity index (χ1n) is 6.36. The number of carbonyl (C=O) groups is 2. The van der Waals surface area contributed by atoms with Crippen LogP contribution in [0.4, 0.5) is 0 Å². The lowest BCUT2D eigenvalue weighted by Crippen LogP contribution is -2.54. The number of carboxylic acid groups (broad SMARTS) is 1. The highest BCUT2D eigenvalue weighted by atomic mass is 16.5. The van der Waals surface area contributed by atoms with Gasteiger partial charge in [-0.05, 0) is 19.9 Å². The molecule has 0 radical (unpaired) electrons. The highest BCUT2D eigenvalue weighted by Gasteiger charge is 2.51. The van der Waals surface area contributed by atoms with Crippen LogP contribution in [0.25, 0.3) is 0 Å². The third-order valence-corrected chi connectivity index (χ3v) is 3.88. The molecule has 0 aromatic carbocycles. The fourth-order valence-electron chi connectivity index (χ4n) is 2.43. The molecule has 0 aromatic rings. The van der Waals surface area contributed by atoms with Gasteiger partial charge in [-0.2, -0.15) is 0 Å².